The number of rotatable bonds is 0. The van der Waals surface area contributed by atoms with Gasteiger partial charge < -0.3 is 0 Å². The topological polar surface area (TPSA) is 0 Å². The van der Waals surface area contributed by atoms with Crippen molar-refractivity contribution in [3.8, 4) is 47.4 Å². The predicted molar refractivity (Wildman–Crippen MR) is 183 cm³/mol. The Kier molecular flexibility index (Phi) is 10.6. The first-order chi connectivity index (χ1) is 21.8. The van der Waals surface area contributed by atoms with E-state index < -0.39 is 0 Å². The summed E-state index contributed by atoms with van der Waals surface area (Å²) in [4.78, 5) is 0. The monoisotopic (exact) mass is 556 g/mol. The van der Waals surface area contributed by atoms with Crippen molar-refractivity contribution < 1.29 is 0 Å². The predicted octanol–water partition coefficient (Wildman–Crippen LogP) is 8.97. The second-order valence-corrected chi connectivity index (χ2v) is 9.59. The van der Waals surface area contributed by atoms with Crippen LogP contribution in [0.3, 0.4) is 0 Å². The molecule has 0 saturated heterocycles. The lowest BCUT2D eigenvalue weighted by Gasteiger charge is -1.95. The van der Waals surface area contributed by atoms with E-state index in [-0.39, 0.29) is 0 Å². The molecule has 6 rings (SSSR count). The van der Waals surface area contributed by atoms with Gasteiger partial charge in [-0.3, -0.25) is 0 Å². The van der Waals surface area contributed by atoms with Crippen molar-refractivity contribution >= 4 is 0 Å². The van der Waals surface area contributed by atoms with Crippen molar-refractivity contribution in [1.82, 2.24) is 0 Å². The Bertz CT molecular complexity index is 1870. The summed E-state index contributed by atoms with van der Waals surface area (Å²) in [7, 11) is 0. The van der Waals surface area contributed by atoms with Crippen LogP contribution in [-0.4, -0.2) is 0 Å². The summed E-state index contributed by atoms with van der Waals surface area (Å²) in [5.74, 6) is 25.4. The van der Waals surface area contributed by atoms with Gasteiger partial charge in [0, 0.05) is 44.5 Å². The lowest BCUT2D eigenvalue weighted by atomic mass is 10.1. The molecule has 0 amide bonds. The van der Waals surface area contributed by atoms with Gasteiger partial charge >= 0.3 is 0 Å². The summed E-state index contributed by atoms with van der Waals surface area (Å²) in [5.41, 5.74) is 7.96. The fourth-order valence-corrected chi connectivity index (χ4v) is 3.99. The van der Waals surface area contributed by atoms with Crippen LogP contribution in [0, 0.1) is 47.4 Å². The molecule has 6 aromatic rings. The maximum Gasteiger partial charge on any atom is 0.0405 e. The van der Waals surface area contributed by atoms with Crippen LogP contribution < -0.4 is 0 Å². The number of benzene rings is 6. The van der Waals surface area contributed by atoms with Crippen LogP contribution in [0.1, 0.15) is 44.5 Å². The molecule has 0 saturated carbocycles. The van der Waals surface area contributed by atoms with Crippen LogP contribution in [0.15, 0.2) is 170 Å². The maximum absolute atomic E-state index is 3.21. The zero-order valence-corrected chi connectivity index (χ0v) is 24.2. The molecule has 0 atom stereocenters. The minimum Gasteiger partial charge on any atom is -0.0622 e. The fourth-order valence-electron chi connectivity index (χ4n) is 3.99. The maximum atomic E-state index is 3.21. The highest BCUT2D eigenvalue weighted by molar-refractivity contribution is 5.54. The highest BCUT2D eigenvalue weighted by atomic mass is 14.0. The second kappa shape index (κ2) is 16.1. The average Bonchev–Trinajstić information content (AvgIpc) is 3.11. The van der Waals surface area contributed by atoms with Crippen molar-refractivity contribution in [1.29, 1.82) is 0 Å². The lowest BCUT2D eigenvalue weighted by molar-refractivity contribution is 1.57. The van der Waals surface area contributed by atoms with Crippen LogP contribution in [0.2, 0.25) is 0 Å². The molecule has 0 bridgehead atoms. The highest BCUT2D eigenvalue weighted by Gasteiger charge is 1.95. The van der Waals surface area contributed by atoms with Crippen molar-refractivity contribution in [3.63, 3.8) is 0 Å². The van der Waals surface area contributed by atoms with Crippen molar-refractivity contribution in [2.24, 2.45) is 0 Å². The van der Waals surface area contributed by atoms with Gasteiger partial charge in [0.15, 0.2) is 0 Å². The Hall–Kier alpha value is -6.44. The Morgan fingerprint density at radius 1 is 0.182 bits per heavy atom. The largest absolute Gasteiger partial charge is 0.0622 e. The van der Waals surface area contributed by atoms with Gasteiger partial charge in [-0.25, -0.2) is 0 Å². The van der Waals surface area contributed by atoms with Gasteiger partial charge in [-0.2, -0.15) is 0 Å². The summed E-state index contributed by atoms with van der Waals surface area (Å²) in [5, 5.41) is 0. The molecule has 0 N–H and O–H groups in total. The highest BCUT2D eigenvalue weighted by Crippen LogP contribution is 2.08. The fraction of sp³-hybridized carbons (Fsp3) is 0. The molecule has 0 radical (unpaired) electrons. The quantitative estimate of drug-likeness (QED) is 0.164. The molecule has 0 fully saturated rings. The van der Waals surface area contributed by atoms with Crippen LogP contribution in [0.4, 0.5) is 0 Å². The van der Waals surface area contributed by atoms with Crippen molar-refractivity contribution in [2.45, 2.75) is 0 Å². The first-order valence-electron chi connectivity index (χ1n) is 14.3. The Morgan fingerprint density at radius 3 is 0.659 bits per heavy atom. The third kappa shape index (κ3) is 9.59. The van der Waals surface area contributed by atoms with Gasteiger partial charge in [0.1, 0.15) is 0 Å². The number of hydrogen-bond donors (Lipinski definition) is 0. The molecule has 0 aliphatic rings. The van der Waals surface area contributed by atoms with E-state index in [1.54, 1.807) is 0 Å². The molecule has 6 aromatic carbocycles. The molecule has 44 heavy (non-hydrogen) atoms. The lowest BCUT2D eigenvalue weighted by Crippen LogP contribution is -1.83. The molecule has 0 heterocycles. The molecular formula is C44H28. The molecule has 0 unspecified atom stereocenters. The zero-order valence-electron chi connectivity index (χ0n) is 24.2. The Balaban J connectivity index is 0.000000175. The molecule has 204 valence electrons. The minimum atomic E-state index is 0.954. The summed E-state index contributed by atoms with van der Waals surface area (Å²) < 4.78 is 0. The van der Waals surface area contributed by atoms with E-state index in [0.717, 1.165) is 44.5 Å². The second-order valence-electron chi connectivity index (χ2n) is 9.59. The van der Waals surface area contributed by atoms with Crippen molar-refractivity contribution in [2.75, 3.05) is 0 Å². The smallest absolute Gasteiger partial charge is 0.0405 e. The van der Waals surface area contributed by atoms with E-state index in [0.29, 0.717) is 0 Å². The molecule has 0 nitrogen and oxygen atoms in total. The van der Waals surface area contributed by atoms with Gasteiger partial charge in [-0.1, -0.05) is 132 Å². The van der Waals surface area contributed by atoms with Gasteiger partial charge in [0.2, 0.25) is 0 Å². The van der Waals surface area contributed by atoms with Crippen LogP contribution in [0.25, 0.3) is 0 Å². The molecular weight excluding hydrogens is 528 g/mol. The van der Waals surface area contributed by atoms with Crippen LogP contribution in [0.5, 0.6) is 0 Å². The molecule has 0 heteroatoms. The summed E-state index contributed by atoms with van der Waals surface area (Å²) in [6, 6.07) is 56.0. The van der Waals surface area contributed by atoms with Gasteiger partial charge in [-0.05, 0) is 84.9 Å². The SMILES string of the molecule is C(#Cc1ccc(C#Cc2ccccc2)cc1)c1ccccc1.C(#Cc1ccccc1C#Cc1ccccc1)c1ccccc1. The molecule has 0 aliphatic heterocycles. The van der Waals surface area contributed by atoms with Gasteiger partial charge in [0.25, 0.3) is 0 Å². The van der Waals surface area contributed by atoms with E-state index in [9.17, 15) is 0 Å². The first-order valence-corrected chi connectivity index (χ1v) is 14.3. The van der Waals surface area contributed by atoms with Gasteiger partial charge in [-0.15, -0.1) is 0 Å². The van der Waals surface area contributed by atoms with E-state index in [1.807, 2.05) is 170 Å². The average molecular weight is 557 g/mol. The van der Waals surface area contributed by atoms with Crippen molar-refractivity contribution in [3.05, 3.63) is 214 Å². The van der Waals surface area contributed by atoms with Crippen LogP contribution >= 0.6 is 0 Å². The van der Waals surface area contributed by atoms with E-state index in [1.165, 1.54) is 0 Å². The third-order valence-corrected chi connectivity index (χ3v) is 6.29. The summed E-state index contributed by atoms with van der Waals surface area (Å²) in [6.45, 7) is 0. The first kappa shape index (κ1) is 29.1. The molecule has 0 spiro atoms. The van der Waals surface area contributed by atoms with Gasteiger partial charge in [0.05, 0.1) is 0 Å². The minimum absolute atomic E-state index is 0.954. The Morgan fingerprint density at radius 2 is 0.386 bits per heavy atom. The molecule has 0 aliphatic carbocycles. The third-order valence-electron chi connectivity index (χ3n) is 6.29. The van der Waals surface area contributed by atoms with Crippen LogP contribution in [-0.2, 0) is 0 Å². The number of hydrogen-bond acceptors (Lipinski definition) is 0. The van der Waals surface area contributed by atoms with E-state index >= 15 is 0 Å². The molecule has 0 aromatic heterocycles. The van der Waals surface area contributed by atoms with E-state index in [4.69, 9.17) is 0 Å². The summed E-state index contributed by atoms with van der Waals surface area (Å²) >= 11 is 0. The zero-order chi connectivity index (χ0) is 30.1. The summed E-state index contributed by atoms with van der Waals surface area (Å²) in [6.07, 6.45) is 0. The Labute approximate surface area is 261 Å². The normalized spacial score (nSPS) is 9.09. The van der Waals surface area contributed by atoms with E-state index in [2.05, 4.69) is 47.4 Å². The standard InChI is InChI=1S/2C22H14/c1-3-9-19(10-4-1)15-17-21-13-7-8-14-22(21)18-16-20-11-5-2-6-12-20;1-3-7-19(8-4-1)11-13-21-15-17-22(18-16-21)14-12-20-9-5-2-6-10-20/h1-14H;1-10,15-18H.